The second-order valence-electron chi connectivity index (χ2n) is 4.53. The number of hydrogen-bond donors (Lipinski definition) is 1. The molecule has 0 amide bonds. The van der Waals surface area contributed by atoms with Crippen LogP contribution in [0.5, 0.6) is 0 Å². The molecule has 19 heavy (non-hydrogen) atoms. The van der Waals surface area contributed by atoms with Gasteiger partial charge < -0.3 is 5.32 Å². The van der Waals surface area contributed by atoms with Crippen LogP contribution in [0.2, 0.25) is 0 Å². The number of hydrogen-bond acceptors (Lipinski definition) is 1. The maximum Gasteiger partial charge on any atom is 0.137 e. The summed E-state index contributed by atoms with van der Waals surface area (Å²) in [6.07, 6.45) is 0. The molecule has 1 nitrogen and oxygen atoms in total. The van der Waals surface area contributed by atoms with E-state index in [2.05, 4.69) is 62.3 Å². The van der Waals surface area contributed by atoms with Crippen LogP contribution in [0.25, 0.3) is 0 Å². The first-order valence-corrected chi connectivity index (χ1v) is 7.50. The van der Waals surface area contributed by atoms with Gasteiger partial charge in [-0.05, 0) is 64.7 Å². The van der Waals surface area contributed by atoms with Crippen molar-refractivity contribution in [1.29, 1.82) is 0 Å². The van der Waals surface area contributed by atoms with Crippen LogP contribution < -0.4 is 5.32 Å². The maximum atomic E-state index is 13.3. The van der Waals surface area contributed by atoms with Gasteiger partial charge >= 0.3 is 0 Å². The highest BCUT2D eigenvalue weighted by Crippen LogP contribution is 2.26. The minimum atomic E-state index is -0.237. The summed E-state index contributed by atoms with van der Waals surface area (Å²) < 4.78 is 14.9. The monoisotopic (exact) mass is 385 g/mol. The van der Waals surface area contributed by atoms with Gasteiger partial charge in [-0.25, -0.2) is 4.39 Å². The third kappa shape index (κ3) is 3.57. The van der Waals surface area contributed by atoms with E-state index in [-0.39, 0.29) is 5.82 Å². The summed E-state index contributed by atoms with van der Waals surface area (Å²) in [6, 6.07) is 9.54. The largest absolute Gasteiger partial charge is 0.381 e. The molecule has 2 aromatic carbocycles. The summed E-state index contributed by atoms with van der Waals surface area (Å²) in [7, 11) is 0. The molecule has 0 aliphatic carbocycles. The normalized spacial score (nSPS) is 10.6. The molecule has 2 aromatic rings. The third-order valence-electron chi connectivity index (χ3n) is 2.95. The van der Waals surface area contributed by atoms with Gasteiger partial charge in [-0.3, -0.25) is 0 Å². The Kier molecular flexibility index (Phi) is 4.63. The van der Waals surface area contributed by atoms with Crippen LogP contribution in [0.4, 0.5) is 10.1 Å². The first kappa shape index (κ1) is 14.5. The zero-order valence-electron chi connectivity index (χ0n) is 10.7. The van der Waals surface area contributed by atoms with E-state index in [1.165, 1.54) is 17.2 Å². The van der Waals surface area contributed by atoms with Crippen molar-refractivity contribution in [2.24, 2.45) is 0 Å². The quantitative estimate of drug-likeness (QED) is 0.725. The number of rotatable bonds is 3. The lowest BCUT2D eigenvalue weighted by Gasteiger charge is -2.12. The fourth-order valence-corrected chi connectivity index (χ4v) is 2.80. The fraction of sp³-hybridized carbons (Fsp3) is 0.200. The Morgan fingerprint density at radius 2 is 1.79 bits per heavy atom. The first-order chi connectivity index (χ1) is 8.97. The van der Waals surface area contributed by atoms with Crippen molar-refractivity contribution in [3.63, 3.8) is 0 Å². The smallest absolute Gasteiger partial charge is 0.137 e. The van der Waals surface area contributed by atoms with Gasteiger partial charge in [0, 0.05) is 16.7 Å². The van der Waals surface area contributed by atoms with Crippen molar-refractivity contribution < 1.29 is 4.39 Å². The van der Waals surface area contributed by atoms with Gasteiger partial charge in [0.2, 0.25) is 0 Å². The molecule has 0 aromatic heterocycles. The zero-order chi connectivity index (χ0) is 14.0. The molecule has 0 atom stereocenters. The number of anilines is 1. The SMILES string of the molecule is Cc1ccc(CNc2cc(Br)c(F)cc2C)c(Br)c1. The predicted octanol–water partition coefficient (Wildman–Crippen LogP) is 5.58. The third-order valence-corrected chi connectivity index (χ3v) is 4.29. The Morgan fingerprint density at radius 3 is 2.47 bits per heavy atom. The molecule has 0 saturated carbocycles. The zero-order valence-corrected chi connectivity index (χ0v) is 13.9. The Bertz CT molecular complexity index is 611. The van der Waals surface area contributed by atoms with Crippen LogP contribution in [0.15, 0.2) is 39.3 Å². The number of halogens is 3. The highest BCUT2D eigenvalue weighted by atomic mass is 79.9. The van der Waals surface area contributed by atoms with Gasteiger partial charge in [0.15, 0.2) is 0 Å². The van der Waals surface area contributed by atoms with E-state index in [0.29, 0.717) is 11.0 Å². The molecular formula is C15H14Br2FN. The van der Waals surface area contributed by atoms with Gasteiger partial charge in [0.25, 0.3) is 0 Å². The van der Waals surface area contributed by atoms with Crippen molar-refractivity contribution >= 4 is 37.5 Å². The summed E-state index contributed by atoms with van der Waals surface area (Å²) in [4.78, 5) is 0. The summed E-state index contributed by atoms with van der Waals surface area (Å²) >= 11 is 6.76. The molecule has 0 radical (unpaired) electrons. The molecule has 0 bridgehead atoms. The van der Waals surface area contributed by atoms with Crippen molar-refractivity contribution in [2.75, 3.05) is 5.32 Å². The molecule has 0 unspecified atom stereocenters. The van der Waals surface area contributed by atoms with E-state index in [1.54, 1.807) is 6.07 Å². The Labute approximate surface area is 129 Å². The first-order valence-electron chi connectivity index (χ1n) is 5.92. The van der Waals surface area contributed by atoms with E-state index in [4.69, 9.17) is 0 Å². The van der Waals surface area contributed by atoms with Crippen molar-refractivity contribution in [3.05, 3.63) is 61.8 Å². The highest BCUT2D eigenvalue weighted by molar-refractivity contribution is 9.10. The van der Waals surface area contributed by atoms with E-state index in [9.17, 15) is 4.39 Å². The van der Waals surface area contributed by atoms with Crippen LogP contribution in [0.3, 0.4) is 0 Å². The van der Waals surface area contributed by atoms with Gasteiger partial charge in [-0.1, -0.05) is 28.1 Å². The molecule has 2 rings (SSSR count). The van der Waals surface area contributed by atoms with Crippen LogP contribution in [0.1, 0.15) is 16.7 Å². The highest BCUT2D eigenvalue weighted by Gasteiger charge is 2.06. The topological polar surface area (TPSA) is 12.0 Å². The van der Waals surface area contributed by atoms with Crippen LogP contribution in [-0.2, 0) is 6.54 Å². The van der Waals surface area contributed by atoms with Gasteiger partial charge in [-0.15, -0.1) is 0 Å². The molecule has 4 heteroatoms. The molecule has 0 aliphatic rings. The standard InChI is InChI=1S/C15H14Br2FN/c1-9-3-4-11(12(16)5-9)8-19-15-7-13(17)14(18)6-10(15)2/h3-7,19H,8H2,1-2H3. The average molecular weight is 387 g/mol. The summed E-state index contributed by atoms with van der Waals surface area (Å²) in [6.45, 7) is 4.64. The minimum absolute atomic E-state index is 0.237. The molecule has 0 aliphatic heterocycles. The van der Waals surface area contributed by atoms with Crippen molar-refractivity contribution in [3.8, 4) is 0 Å². The summed E-state index contributed by atoms with van der Waals surface area (Å²) in [5, 5.41) is 3.33. The molecule has 0 heterocycles. The minimum Gasteiger partial charge on any atom is -0.381 e. The lowest BCUT2D eigenvalue weighted by molar-refractivity contribution is 0.620. The number of benzene rings is 2. The Balaban J connectivity index is 2.16. The predicted molar refractivity (Wildman–Crippen MR) is 85.0 cm³/mol. The molecule has 0 saturated heterocycles. The van der Waals surface area contributed by atoms with Crippen LogP contribution in [-0.4, -0.2) is 0 Å². The van der Waals surface area contributed by atoms with E-state index >= 15 is 0 Å². The molecule has 0 spiro atoms. The van der Waals surface area contributed by atoms with Crippen LogP contribution in [0, 0.1) is 19.7 Å². The Hall–Kier alpha value is -0.870. The molecule has 100 valence electrons. The fourth-order valence-electron chi connectivity index (χ4n) is 1.82. The van der Waals surface area contributed by atoms with E-state index < -0.39 is 0 Å². The second-order valence-corrected chi connectivity index (χ2v) is 6.24. The van der Waals surface area contributed by atoms with Crippen molar-refractivity contribution in [2.45, 2.75) is 20.4 Å². The summed E-state index contributed by atoms with van der Waals surface area (Å²) in [5.74, 6) is -0.237. The lowest BCUT2D eigenvalue weighted by atomic mass is 10.1. The van der Waals surface area contributed by atoms with Crippen molar-refractivity contribution in [1.82, 2.24) is 0 Å². The second kappa shape index (κ2) is 6.06. The van der Waals surface area contributed by atoms with Gasteiger partial charge in [0.05, 0.1) is 4.47 Å². The van der Waals surface area contributed by atoms with Gasteiger partial charge in [-0.2, -0.15) is 0 Å². The molecular weight excluding hydrogens is 373 g/mol. The van der Waals surface area contributed by atoms with Gasteiger partial charge in [0.1, 0.15) is 5.82 Å². The average Bonchev–Trinajstić information content (AvgIpc) is 2.34. The van der Waals surface area contributed by atoms with E-state index in [0.717, 1.165) is 15.7 Å². The molecule has 0 fully saturated rings. The molecule has 1 N–H and O–H groups in total. The Morgan fingerprint density at radius 1 is 1.05 bits per heavy atom. The summed E-state index contributed by atoms with van der Waals surface area (Å²) in [5.41, 5.74) is 4.21. The number of aryl methyl sites for hydroxylation is 2. The van der Waals surface area contributed by atoms with Crippen LogP contribution >= 0.6 is 31.9 Å². The lowest BCUT2D eigenvalue weighted by Crippen LogP contribution is -2.02. The van der Waals surface area contributed by atoms with E-state index in [1.807, 2.05) is 6.92 Å². The maximum absolute atomic E-state index is 13.3. The number of nitrogens with one attached hydrogen (secondary N) is 1.